The van der Waals surface area contributed by atoms with Crippen LogP contribution in [0.3, 0.4) is 0 Å². The molecule has 1 N–H and O–H groups in total. The Morgan fingerprint density at radius 2 is 2.11 bits per heavy atom. The zero-order chi connectivity index (χ0) is 13.8. The summed E-state index contributed by atoms with van der Waals surface area (Å²) in [5.74, 6) is -1.31. The zero-order valence-electron chi connectivity index (χ0n) is 10.8. The summed E-state index contributed by atoms with van der Waals surface area (Å²) in [6.07, 6.45) is -0.224. The van der Waals surface area contributed by atoms with Crippen molar-refractivity contribution in [2.24, 2.45) is 0 Å². The standard InChI is InChI=1S/C14H17NO4/c1-2-10-3-5-11(6-4-10)15-7-8-19-12(14(15)18)9-13(16)17/h3-6,12H,2,7-9H2,1H3,(H,16,17). The smallest absolute Gasteiger partial charge is 0.306 e. The van der Waals surface area contributed by atoms with Gasteiger partial charge in [-0.05, 0) is 24.1 Å². The van der Waals surface area contributed by atoms with Crippen molar-refractivity contribution in [3.8, 4) is 0 Å². The van der Waals surface area contributed by atoms with Crippen LogP contribution in [0, 0.1) is 0 Å². The van der Waals surface area contributed by atoms with Crippen molar-refractivity contribution in [3.63, 3.8) is 0 Å². The largest absolute Gasteiger partial charge is 0.481 e. The highest BCUT2D eigenvalue weighted by molar-refractivity contribution is 5.98. The SMILES string of the molecule is CCc1ccc(N2CCOC(CC(=O)O)C2=O)cc1. The van der Waals surface area contributed by atoms with E-state index in [-0.39, 0.29) is 12.3 Å². The second kappa shape index (κ2) is 5.84. The lowest BCUT2D eigenvalue weighted by Crippen LogP contribution is -2.48. The molecule has 5 nitrogen and oxygen atoms in total. The molecule has 1 saturated heterocycles. The molecule has 1 atom stereocenters. The normalized spacial score (nSPS) is 19.5. The molecule has 0 aliphatic carbocycles. The molecule has 1 aliphatic heterocycles. The number of benzene rings is 1. The van der Waals surface area contributed by atoms with E-state index < -0.39 is 12.1 Å². The Hall–Kier alpha value is -1.88. The number of nitrogens with zero attached hydrogens (tertiary/aromatic N) is 1. The number of carboxylic acid groups (broad SMARTS) is 1. The molecule has 1 aromatic rings. The van der Waals surface area contributed by atoms with Crippen molar-refractivity contribution in [1.29, 1.82) is 0 Å². The number of carboxylic acids is 1. The molecule has 0 saturated carbocycles. The molecule has 1 aromatic carbocycles. The number of morpholine rings is 1. The van der Waals surface area contributed by atoms with Gasteiger partial charge in [0.1, 0.15) is 6.10 Å². The minimum atomic E-state index is -1.03. The monoisotopic (exact) mass is 263 g/mol. The quantitative estimate of drug-likeness (QED) is 0.893. The summed E-state index contributed by atoms with van der Waals surface area (Å²) in [5.41, 5.74) is 1.99. The number of carbonyl (C=O) groups excluding carboxylic acids is 1. The molecule has 1 fully saturated rings. The molecule has 1 aliphatic rings. The van der Waals surface area contributed by atoms with Crippen molar-refractivity contribution in [2.75, 3.05) is 18.1 Å². The van der Waals surface area contributed by atoms with Crippen LogP contribution in [0.15, 0.2) is 24.3 Å². The summed E-state index contributed by atoms with van der Waals surface area (Å²) in [5, 5.41) is 8.76. The highest BCUT2D eigenvalue weighted by Crippen LogP contribution is 2.21. The van der Waals surface area contributed by atoms with Gasteiger partial charge in [-0.2, -0.15) is 0 Å². The van der Waals surface area contributed by atoms with Crippen LogP contribution in [0.2, 0.25) is 0 Å². The van der Waals surface area contributed by atoms with Crippen LogP contribution in [-0.2, 0) is 20.7 Å². The molecule has 0 radical (unpaired) electrons. The Morgan fingerprint density at radius 1 is 1.42 bits per heavy atom. The van der Waals surface area contributed by atoms with E-state index in [4.69, 9.17) is 9.84 Å². The molecule has 102 valence electrons. The van der Waals surface area contributed by atoms with E-state index in [1.54, 1.807) is 4.90 Å². The summed E-state index contributed by atoms with van der Waals surface area (Å²) in [4.78, 5) is 24.4. The van der Waals surface area contributed by atoms with Crippen molar-refractivity contribution >= 4 is 17.6 Å². The van der Waals surface area contributed by atoms with Gasteiger partial charge in [-0.15, -0.1) is 0 Å². The Bertz CT molecular complexity index is 469. The number of anilines is 1. The van der Waals surface area contributed by atoms with E-state index in [1.165, 1.54) is 5.56 Å². The predicted octanol–water partition coefficient (Wildman–Crippen LogP) is 1.46. The fourth-order valence-corrected chi connectivity index (χ4v) is 2.11. The number of carbonyl (C=O) groups is 2. The lowest BCUT2D eigenvalue weighted by molar-refractivity contribution is -0.147. The van der Waals surface area contributed by atoms with Crippen LogP contribution in [0.5, 0.6) is 0 Å². The van der Waals surface area contributed by atoms with Gasteiger partial charge < -0.3 is 14.7 Å². The molecule has 1 amide bonds. The molecule has 0 bridgehead atoms. The lowest BCUT2D eigenvalue weighted by Gasteiger charge is -2.32. The Kier molecular flexibility index (Phi) is 4.16. The second-order valence-electron chi connectivity index (χ2n) is 4.47. The summed E-state index contributed by atoms with van der Waals surface area (Å²) in [6.45, 7) is 2.89. The molecule has 0 spiro atoms. The first kappa shape index (κ1) is 13.5. The third-order valence-corrected chi connectivity index (χ3v) is 3.19. The highest BCUT2D eigenvalue weighted by Gasteiger charge is 2.32. The predicted molar refractivity (Wildman–Crippen MR) is 70.2 cm³/mol. The Morgan fingerprint density at radius 3 is 2.68 bits per heavy atom. The summed E-state index contributed by atoms with van der Waals surface area (Å²) in [7, 11) is 0. The van der Waals surface area contributed by atoms with Gasteiger partial charge in [-0.25, -0.2) is 0 Å². The van der Waals surface area contributed by atoms with Crippen LogP contribution in [-0.4, -0.2) is 36.2 Å². The van der Waals surface area contributed by atoms with E-state index in [0.29, 0.717) is 13.2 Å². The van der Waals surface area contributed by atoms with Crippen LogP contribution >= 0.6 is 0 Å². The van der Waals surface area contributed by atoms with Crippen LogP contribution < -0.4 is 4.90 Å². The van der Waals surface area contributed by atoms with Gasteiger partial charge in [-0.3, -0.25) is 9.59 Å². The first-order valence-electron chi connectivity index (χ1n) is 6.35. The van der Waals surface area contributed by atoms with Crippen molar-refractivity contribution < 1.29 is 19.4 Å². The fourth-order valence-electron chi connectivity index (χ4n) is 2.11. The second-order valence-corrected chi connectivity index (χ2v) is 4.47. The van der Waals surface area contributed by atoms with Gasteiger partial charge in [-0.1, -0.05) is 19.1 Å². The number of aryl methyl sites for hydroxylation is 1. The minimum absolute atomic E-state index is 0.280. The number of aliphatic carboxylic acids is 1. The van der Waals surface area contributed by atoms with Gasteiger partial charge in [0.25, 0.3) is 5.91 Å². The Balaban J connectivity index is 2.14. The molecule has 1 heterocycles. The van der Waals surface area contributed by atoms with E-state index in [1.807, 2.05) is 24.3 Å². The molecule has 5 heteroatoms. The minimum Gasteiger partial charge on any atom is -0.481 e. The van der Waals surface area contributed by atoms with Crippen molar-refractivity contribution in [1.82, 2.24) is 0 Å². The van der Waals surface area contributed by atoms with Crippen molar-refractivity contribution in [2.45, 2.75) is 25.9 Å². The van der Waals surface area contributed by atoms with Crippen LogP contribution in [0.4, 0.5) is 5.69 Å². The lowest BCUT2D eigenvalue weighted by atomic mass is 10.1. The number of hydrogen-bond donors (Lipinski definition) is 1. The molecular weight excluding hydrogens is 246 g/mol. The molecule has 19 heavy (non-hydrogen) atoms. The fraction of sp³-hybridized carbons (Fsp3) is 0.429. The van der Waals surface area contributed by atoms with Gasteiger partial charge >= 0.3 is 5.97 Å². The van der Waals surface area contributed by atoms with Crippen LogP contribution in [0.1, 0.15) is 18.9 Å². The first-order chi connectivity index (χ1) is 9.11. The van der Waals surface area contributed by atoms with Gasteiger partial charge in [0.2, 0.25) is 0 Å². The highest BCUT2D eigenvalue weighted by atomic mass is 16.5. The number of amides is 1. The molecule has 0 aromatic heterocycles. The van der Waals surface area contributed by atoms with E-state index >= 15 is 0 Å². The topological polar surface area (TPSA) is 66.8 Å². The molecular formula is C14H17NO4. The maximum atomic E-state index is 12.2. The number of hydrogen-bond acceptors (Lipinski definition) is 3. The summed E-state index contributed by atoms with van der Waals surface area (Å²) < 4.78 is 5.23. The maximum Gasteiger partial charge on any atom is 0.306 e. The van der Waals surface area contributed by atoms with E-state index in [0.717, 1.165) is 12.1 Å². The van der Waals surface area contributed by atoms with Crippen molar-refractivity contribution in [3.05, 3.63) is 29.8 Å². The van der Waals surface area contributed by atoms with Crippen LogP contribution in [0.25, 0.3) is 0 Å². The Labute approximate surface area is 111 Å². The third kappa shape index (κ3) is 3.12. The van der Waals surface area contributed by atoms with Gasteiger partial charge in [0, 0.05) is 12.2 Å². The average molecular weight is 263 g/mol. The molecule has 1 unspecified atom stereocenters. The third-order valence-electron chi connectivity index (χ3n) is 3.19. The first-order valence-corrected chi connectivity index (χ1v) is 6.35. The van der Waals surface area contributed by atoms with E-state index in [2.05, 4.69) is 6.92 Å². The number of rotatable bonds is 4. The zero-order valence-corrected chi connectivity index (χ0v) is 10.8. The van der Waals surface area contributed by atoms with Gasteiger partial charge in [0.15, 0.2) is 0 Å². The summed E-state index contributed by atoms with van der Waals surface area (Å²) >= 11 is 0. The molecule has 2 rings (SSSR count). The maximum absolute atomic E-state index is 12.2. The average Bonchev–Trinajstić information content (AvgIpc) is 2.41. The number of ether oxygens (including phenoxy) is 1. The summed E-state index contributed by atoms with van der Waals surface area (Å²) in [6, 6.07) is 7.73. The van der Waals surface area contributed by atoms with Gasteiger partial charge in [0.05, 0.1) is 13.0 Å². The van der Waals surface area contributed by atoms with E-state index in [9.17, 15) is 9.59 Å².